The van der Waals surface area contributed by atoms with Gasteiger partial charge in [-0.3, -0.25) is 0 Å². The first-order chi connectivity index (χ1) is 9.79. The maximum Gasteiger partial charge on any atom is 0.123 e. The Morgan fingerprint density at radius 2 is 2.15 bits per heavy atom. The number of rotatable bonds is 6. The van der Waals surface area contributed by atoms with Crippen LogP contribution in [-0.2, 0) is 6.42 Å². The highest BCUT2D eigenvalue weighted by Crippen LogP contribution is 2.32. The van der Waals surface area contributed by atoms with Crippen molar-refractivity contribution in [2.75, 3.05) is 11.5 Å². The highest BCUT2D eigenvalue weighted by molar-refractivity contribution is 7.99. The molecular formula is C18H25FS. The molecule has 2 rings (SSSR count). The second-order valence-electron chi connectivity index (χ2n) is 5.69. The molecule has 1 aliphatic rings. The van der Waals surface area contributed by atoms with E-state index < -0.39 is 0 Å². The van der Waals surface area contributed by atoms with Crippen molar-refractivity contribution < 1.29 is 4.39 Å². The molecule has 1 aromatic carbocycles. The zero-order valence-corrected chi connectivity index (χ0v) is 13.2. The van der Waals surface area contributed by atoms with Crippen LogP contribution in [0, 0.1) is 17.7 Å². The summed E-state index contributed by atoms with van der Waals surface area (Å²) >= 11 is 2.11. The number of hydrogen-bond donors (Lipinski definition) is 0. The minimum absolute atomic E-state index is 0.152. The van der Waals surface area contributed by atoms with Gasteiger partial charge in [-0.2, -0.15) is 11.8 Å². The smallest absolute Gasteiger partial charge is 0.123 e. The second-order valence-corrected chi connectivity index (χ2v) is 6.84. The lowest BCUT2D eigenvalue weighted by Gasteiger charge is -2.27. The Labute approximate surface area is 126 Å². The molecule has 0 radical (unpaired) electrons. The van der Waals surface area contributed by atoms with Crippen LogP contribution in [0.2, 0.25) is 0 Å². The van der Waals surface area contributed by atoms with Crippen molar-refractivity contribution in [1.82, 2.24) is 0 Å². The SMILES string of the molecule is CCCC(C=CCc1ccc(F)cc1)C1CCCSC1. The maximum atomic E-state index is 12.9. The Hall–Kier alpha value is -0.760. The van der Waals surface area contributed by atoms with Crippen LogP contribution in [-0.4, -0.2) is 11.5 Å². The zero-order chi connectivity index (χ0) is 14.2. The summed E-state index contributed by atoms with van der Waals surface area (Å²) in [4.78, 5) is 0. The summed E-state index contributed by atoms with van der Waals surface area (Å²) in [7, 11) is 0. The van der Waals surface area contributed by atoms with E-state index in [-0.39, 0.29) is 5.82 Å². The van der Waals surface area contributed by atoms with Crippen molar-refractivity contribution in [3.63, 3.8) is 0 Å². The lowest BCUT2D eigenvalue weighted by Crippen LogP contribution is -2.19. The standard InChI is InChI=1S/C18H25FS/c1-2-5-16(17-8-4-13-20-14-17)7-3-6-15-9-11-18(19)12-10-15/h3,7,9-12,16-17H,2,4-6,8,13-14H2,1H3. The van der Waals surface area contributed by atoms with Crippen molar-refractivity contribution in [3.05, 3.63) is 47.8 Å². The van der Waals surface area contributed by atoms with Crippen LogP contribution in [0.15, 0.2) is 36.4 Å². The van der Waals surface area contributed by atoms with Gasteiger partial charge in [0.2, 0.25) is 0 Å². The van der Waals surface area contributed by atoms with Crippen LogP contribution in [0.3, 0.4) is 0 Å². The third kappa shape index (κ3) is 4.97. The van der Waals surface area contributed by atoms with Crippen LogP contribution in [0.4, 0.5) is 4.39 Å². The highest BCUT2D eigenvalue weighted by atomic mass is 32.2. The largest absolute Gasteiger partial charge is 0.207 e. The van der Waals surface area contributed by atoms with E-state index in [0.717, 1.165) is 18.3 Å². The molecule has 1 fully saturated rings. The molecule has 20 heavy (non-hydrogen) atoms. The molecule has 1 aromatic rings. The summed E-state index contributed by atoms with van der Waals surface area (Å²) in [6, 6.07) is 6.85. The molecule has 0 saturated carbocycles. The van der Waals surface area contributed by atoms with E-state index >= 15 is 0 Å². The number of thioether (sulfide) groups is 1. The molecule has 1 heterocycles. The fourth-order valence-corrected chi connectivity index (χ4v) is 4.18. The highest BCUT2D eigenvalue weighted by Gasteiger charge is 2.20. The van der Waals surface area contributed by atoms with E-state index in [9.17, 15) is 4.39 Å². The lowest BCUT2D eigenvalue weighted by molar-refractivity contribution is 0.374. The Morgan fingerprint density at radius 1 is 1.35 bits per heavy atom. The number of allylic oxidation sites excluding steroid dienone is 2. The molecule has 0 bridgehead atoms. The molecule has 1 saturated heterocycles. The number of benzene rings is 1. The summed E-state index contributed by atoms with van der Waals surface area (Å²) in [6.07, 6.45) is 10.9. The second kappa shape index (κ2) is 8.51. The topological polar surface area (TPSA) is 0 Å². The molecular weight excluding hydrogens is 267 g/mol. The number of hydrogen-bond acceptors (Lipinski definition) is 1. The van der Waals surface area contributed by atoms with Gasteiger partial charge in [-0.1, -0.05) is 37.6 Å². The van der Waals surface area contributed by atoms with Crippen molar-refractivity contribution in [2.45, 2.75) is 39.0 Å². The predicted molar refractivity (Wildman–Crippen MR) is 87.7 cm³/mol. The third-order valence-corrected chi connectivity index (χ3v) is 5.31. The van der Waals surface area contributed by atoms with Crippen molar-refractivity contribution in [1.29, 1.82) is 0 Å². The zero-order valence-electron chi connectivity index (χ0n) is 12.4. The van der Waals surface area contributed by atoms with Gasteiger partial charge >= 0.3 is 0 Å². The molecule has 0 aromatic heterocycles. The Morgan fingerprint density at radius 3 is 2.80 bits per heavy atom. The van der Waals surface area contributed by atoms with Crippen LogP contribution in [0.1, 0.15) is 38.2 Å². The summed E-state index contributed by atoms with van der Waals surface area (Å²) in [6.45, 7) is 2.27. The molecule has 2 atom stereocenters. The van der Waals surface area contributed by atoms with Crippen molar-refractivity contribution in [2.24, 2.45) is 11.8 Å². The first kappa shape index (κ1) is 15.6. The van der Waals surface area contributed by atoms with E-state index in [1.807, 2.05) is 12.1 Å². The molecule has 1 aliphatic heterocycles. The molecule has 2 heteroatoms. The summed E-state index contributed by atoms with van der Waals surface area (Å²) in [5, 5.41) is 0. The van der Waals surface area contributed by atoms with Gasteiger partial charge in [-0.25, -0.2) is 4.39 Å². The van der Waals surface area contributed by atoms with E-state index in [2.05, 4.69) is 30.8 Å². The van der Waals surface area contributed by atoms with Gasteiger partial charge in [-0.15, -0.1) is 0 Å². The third-order valence-electron chi connectivity index (χ3n) is 4.07. The van der Waals surface area contributed by atoms with E-state index in [1.165, 1.54) is 42.8 Å². The molecule has 0 amide bonds. The van der Waals surface area contributed by atoms with Crippen LogP contribution in [0.25, 0.3) is 0 Å². The first-order valence-corrected chi connectivity index (χ1v) is 8.94. The van der Waals surface area contributed by atoms with Gasteiger partial charge in [0.25, 0.3) is 0 Å². The normalized spacial score (nSPS) is 21.2. The molecule has 0 nitrogen and oxygen atoms in total. The molecule has 110 valence electrons. The summed E-state index contributed by atoms with van der Waals surface area (Å²) in [5.74, 6) is 4.10. The minimum Gasteiger partial charge on any atom is -0.207 e. The fraction of sp³-hybridized carbons (Fsp3) is 0.556. The fourth-order valence-electron chi connectivity index (χ4n) is 2.93. The Bertz CT molecular complexity index is 404. The average Bonchev–Trinajstić information content (AvgIpc) is 2.49. The van der Waals surface area contributed by atoms with Crippen molar-refractivity contribution in [3.8, 4) is 0 Å². The Balaban J connectivity index is 1.89. The Kier molecular flexibility index (Phi) is 6.65. The summed E-state index contributed by atoms with van der Waals surface area (Å²) < 4.78 is 12.9. The van der Waals surface area contributed by atoms with Gasteiger partial charge in [0.15, 0.2) is 0 Å². The predicted octanol–water partition coefficient (Wildman–Crippen LogP) is 5.48. The maximum absolute atomic E-state index is 12.9. The van der Waals surface area contributed by atoms with Crippen molar-refractivity contribution >= 4 is 11.8 Å². The van der Waals surface area contributed by atoms with Gasteiger partial charge in [0.05, 0.1) is 0 Å². The quantitative estimate of drug-likeness (QED) is 0.625. The summed E-state index contributed by atoms with van der Waals surface area (Å²) in [5.41, 5.74) is 1.19. The lowest BCUT2D eigenvalue weighted by atomic mass is 9.86. The van der Waals surface area contributed by atoms with Gasteiger partial charge in [0, 0.05) is 0 Å². The van der Waals surface area contributed by atoms with Crippen LogP contribution in [0.5, 0.6) is 0 Å². The van der Waals surface area contributed by atoms with Gasteiger partial charge in [0.1, 0.15) is 5.82 Å². The molecule has 0 spiro atoms. The molecule has 0 aliphatic carbocycles. The molecule has 0 N–H and O–H groups in total. The van der Waals surface area contributed by atoms with Crippen LogP contribution < -0.4 is 0 Å². The first-order valence-electron chi connectivity index (χ1n) is 7.78. The van der Waals surface area contributed by atoms with E-state index in [0.29, 0.717) is 0 Å². The monoisotopic (exact) mass is 292 g/mol. The van der Waals surface area contributed by atoms with Gasteiger partial charge in [-0.05, 0) is 66.7 Å². The van der Waals surface area contributed by atoms with E-state index in [1.54, 1.807) is 12.1 Å². The average molecular weight is 292 g/mol. The van der Waals surface area contributed by atoms with Gasteiger partial charge < -0.3 is 0 Å². The number of halogens is 1. The molecule has 2 unspecified atom stereocenters. The van der Waals surface area contributed by atoms with Crippen LogP contribution >= 0.6 is 11.8 Å². The van der Waals surface area contributed by atoms with E-state index in [4.69, 9.17) is 0 Å². The minimum atomic E-state index is -0.152.